The van der Waals surface area contributed by atoms with Crippen LogP contribution in [0.4, 0.5) is 5.69 Å². The maximum atomic E-state index is 12.4. The number of carbonyl (C=O) groups is 1. The van der Waals surface area contributed by atoms with Crippen LogP contribution >= 0.6 is 0 Å². The van der Waals surface area contributed by atoms with Crippen LogP contribution in [0.5, 0.6) is 0 Å². The number of rotatable bonds is 7. The van der Waals surface area contributed by atoms with Crippen LogP contribution < -0.4 is 5.32 Å². The minimum absolute atomic E-state index is 0.218. The van der Waals surface area contributed by atoms with E-state index in [2.05, 4.69) is 5.32 Å². The number of aryl methyl sites for hydroxylation is 1. The van der Waals surface area contributed by atoms with Crippen molar-refractivity contribution in [2.24, 2.45) is 5.92 Å². The van der Waals surface area contributed by atoms with Gasteiger partial charge in [0.25, 0.3) is 0 Å². The highest BCUT2D eigenvalue weighted by Gasteiger charge is 2.52. The van der Waals surface area contributed by atoms with E-state index in [4.69, 9.17) is 9.47 Å². The van der Waals surface area contributed by atoms with Crippen LogP contribution in [-0.4, -0.2) is 31.8 Å². The Labute approximate surface area is 120 Å². The second-order valence-corrected chi connectivity index (χ2v) is 5.39. The average molecular weight is 277 g/mol. The number of esters is 1. The number of ether oxygens (including phenoxy) is 2. The molecule has 0 radical (unpaired) electrons. The highest BCUT2D eigenvalue weighted by molar-refractivity contribution is 5.86. The van der Waals surface area contributed by atoms with Gasteiger partial charge in [0.2, 0.25) is 0 Å². The van der Waals surface area contributed by atoms with Gasteiger partial charge in [-0.25, -0.2) is 4.79 Å². The Morgan fingerprint density at radius 1 is 1.35 bits per heavy atom. The zero-order valence-corrected chi connectivity index (χ0v) is 12.4. The van der Waals surface area contributed by atoms with Gasteiger partial charge in [-0.1, -0.05) is 17.7 Å². The first-order valence-corrected chi connectivity index (χ1v) is 7.13. The van der Waals surface area contributed by atoms with E-state index >= 15 is 0 Å². The SMILES string of the molecule is CCOC(=O)C(COC)(Nc1ccc(C)cc1)C1CC1. The van der Waals surface area contributed by atoms with Crippen LogP contribution in [0, 0.1) is 12.8 Å². The number of anilines is 1. The van der Waals surface area contributed by atoms with Gasteiger partial charge in [0.05, 0.1) is 13.2 Å². The van der Waals surface area contributed by atoms with Gasteiger partial charge in [0.1, 0.15) is 0 Å². The fourth-order valence-electron chi connectivity index (χ4n) is 2.49. The molecule has 1 aromatic rings. The van der Waals surface area contributed by atoms with E-state index in [-0.39, 0.29) is 11.9 Å². The molecule has 0 bridgehead atoms. The highest BCUT2D eigenvalue weighted by Crippen LogP contribution is 2.42. The molecule has 1 fully saturated rings. The van der Waals surface area contributed by atoms with Crippen molar-refractivity contribution in [1.29, 1.82) is 0 Å². The summed E-state index contributed by atoms with van der Waals surface area (Å²) in [4.78, 5) is 12.4. The molecule has 0 saturated heterocycles. The van der Waals surface area contributed by atoms with Crippen molar-refractivity contribution >= 4 is 11.7 Å². The van der Waals surface area contributed by atoms with E-state index in [1.165, 1.54) is 5.56 Å². The normalized spacial score (nSPS) is 17.4. The molecular weight excluding hydrogens is 254 g/mol. The molecule has 0 spiro atoms. The number of benzene rings is 1. The quantitative estimate of drug-likeness (QED) is 0.779. The molecule has 0 aromatic heterocycles. The van der Waals surface area contributed by atoms with Gasteiger partial charge in [0, 0.05) is 12.8 Å². The number of methoxy groups -OCH3 is 1. The molecule has 1 saturated carbocycles. The molecule has 0 aliphatic heterocycles. The Hall–Kier alpha value is -1.55. The summed E-state index contributed by atoms with van der Waals surface area (Å²) in [7, 11) is 1.62. The molecule has 0 amide bonds. The summed E-state index contributed by atoms with van der Waals surface area (Å²) >= 11 is 0. The number of hydrogen-bond acceptors (Lipinski definition) is 4. The van der Waals surface area contributed by atoms with Crippen molar-refractivity contribution in [3.8, 4) is 0 Å². The number of hydrogen-bond donors (Lipinski definition) is 1. The van der Waals surface area contributed by atoms with Gasteiger partial charge >= 0.3 is 5.97 Å². The Morgan fingerprint density at radius 2 is 2.00 bits per heavy atom. The topological polar surface area (TPSA) is 47.6 Å². The standard InChI is InChI=1S/C16H23NO3/c1-4-20-15(18)16(11-19-3,13-7-8-13)17-14-9-5-12(2)6-10-14/h5-6,9-10,13,17H,4,7-8,11H2,1-3H3. The predicted molar refractivity (Wildman–Crippen MR) is 78.8 cm³/mol. The first-order valence-electron chi connectivity index (χ1n) is 7.13. The molecule has 20 heavy (non-hydrogen) atoms. The third kappa shape index (κ3) is 3.12. The monoisotopic (exact) mass is 277 g/mol. The molecule has 2 rings (SSSR count). The van der Waals surface area contributed by atoms with Crippen molar-refractivity contribution in [1.82, 2.24) is 0 Å². The van der Waals surface area contributed by atoms with Crippen molar-refractivity contribution in [2.75, 3.05) is 25.6 Å². The third-order valence-corrected chi connectivity index (χ3v) is 3.70. The van der Waals surface area contributed by atoms with Crippen LogP contribution in [0.1, 0.15) is 25.3 Å². The maximum Gasteiger partial charge on any atom is 0.334 e. The summed E-state index contributed by atoms with van der Waals surface area (Å²) in [5, 5.41) is 3.37. The third-order valence-electron chi connectivity index (χ3n) is 3.70. The molecular formula is C16H23NO3. The highest BCUT2D eigenvalue weighted by atomic mass is 16.5. The lowest BCUT2D eigenvalue weighted by Crippen LogP contribution is -2.53. The number of carbonyl (C=O) groups excluding carboxylic acids is 1. The molecule has 1 unspecified atom stereocenters. The molecule has 110 valence electrons. The molecule has 1 N–H and O–H groups in total. The Balaban J connectivity index is 2.24. The van der Waals surface area contributed by atoms with Crippen LogP contribution in [0.3, 0.4) is 0 Å². The Bertz CT molecular complexity index is 453. The van der Waals surface area contributed by atoms with Gasteiger partial charge in [-0.15, -0.1) is 0 Å². The first-order chi connectivity index (χ1) is 9.62. The van der Waals surface area contributed by atoms with Crippen LogP contribution in [0.15, 0.2) is 24.3 Å². The fourth-order valence-corrected chi connectivity index (χ4v) is 2.49. The summed E-state index contributed by atoms with van der Waals surface area (Å²) in [6.07, 6.45) is 2.06. The van der Waals surface area contributed by atoms with E-state index < -0.39 is 5.54 Å². The van der Waals surface area contributed by atoms with E-state index in [9.17, 15) is 4.79 Å². The van der Waals surface area contributed by atoms with E-state index in [1.807, 2.05) is 38.1 Å². The van der Waals surface area contributed by atoms with Crippen molar-refractivity contribution in [3.05, 3.63) is 29.8 Å². The molecule has 1 aliphatic rings. The largest absolute Gasteiger partial charge is 0.464 e. The van der Waals surface area contributed by atoms with Crippen molar-refractivity contribution in [3.63, 3.8) is 0 Å². The molecule has 4 heteroatoms. The smallest absolute Gasteiger partial charge is 0.334 e. The van der Waals surface area contributed by atoms with Gasteiger partial charge in [0.15, 0.2) is 5.54 Å². The van der Waals surface area contributed by atoms with Crippen LogP contribution in [-0.2, 0) is 14.3 Å². The lowest BCUT2D eigenvalue weighted by atomic mass is 9.93. The summed E-state index contributed by atoms with van der Waals surface area (Å²) in [6.45, 7) is 4.57. The maximum absolute atomic E-state index is 12.4. The van der Waals surface area contributed by atoms with Gasteiger partial charge in [-0.05, 0) is 44.7 Å². The van der Waals surface area contributed by atoms with Gasteiger partial charge in [-0.3, -0.25) is 0 Å². The summed E-state index contributed by atoms with van der Waals surface area (Å²) in [5.41, 5.74) is 1.35. The second-order valence-electron chi connectivity index (χ2n) is 5.39. The lowest BCUT2D eigenvalue weighted by Gasteiger charge is -2.33. The van der Waals surface area contributed by atoms with Crippen molar-refractivity contribution < 1.29 is 14.3 Å². The molecule has 4 nitrogen and oxygen atoms in total. The predicted octanol–water partition coefficient (Wildman–Crippen LogP) is 2.77. The summed E-state index contributed by atoms with van der Waals surface area (Å²) < 4.78 is 10.6. The Kier molecular flexibility index (Phi) is 4.65. The molecule has 1 aromatic carbocycles. The molecule has 1 atom stereocenters. The zero-order chi connectivity index (χ0) is 14.6. The van der Waals surface area contributed by atoms with Gasteiger partial charge < -0.3 is 14.8 Å². The van der Waals surface area contributed by atoms with Crippen LogP contribution in [0.2, 0.25) is 0 Å². The summed E-state index contributed by atoms with van der Waals surface area (Å²) in [6, 6.07) is 8.03. The van der Waals surface area contributed by atoms with Crippen LogP contribution in [0.25, 0.3) is 0 Å². The second kappa shape index (κ2) is 6.27. The lowest BCUT2D eigenvalue weighted by molar-refractivity contribution is -0.151. The minimum Gasteiger partial charge on any atom is -0.464 e. The van der Waals surface area contributed by atoms with Gasteiger partial charge in [-0.2, -0.15) is 0 Å². The Morgan fingerprint density at radius 3 is 2.50 bits per heavy atom. The number of nitrogens with one attached hydrogen (secondary N) is 1. The average Bonchev–Trinajstić information content (AvgIpc) is 3.25. The van der Waals surface area contributed by atoms with E-state index in [0.717, 1.165) is 18.5 Å². The zero-order valence-electron chi connectivity index (χ0n) is 12.4. The van der Waals surface area contributed by atoms with E-state index in [1.54, 1.807) is 7.11 Å². The molecule has 0 heterocycles. The van der Waals surface area contributed by atoms with E-state index in [0.29, 0.717) is 13.2 Å². The summed E-state index contributed by atoms with van der Waals surface area (Å²) in [5.74, 6) is 0.0627. The van der Waals surface area contributed by atoms with Crippen molar-refractivity contribution in [2.45, 2.75) is 32.2 Å². The first kappa shape index (κ1) is 14.9. The molecule has 1 aliphatic carbocycles. The fraction of sp³-hybridized carbons (Fsp3) is 0.562. The minimum atomic E-state index is -0.764.